The number of pyridine rings is 1. The summed E-state index contributed by atoms with van der Waals surface area (Å²) < 4.78 is 0. The number of hydrogen-bond donors (Lipinski definition) is 2. The number of nitrogens with zero attached hydrogens (tertiary/aromatic N) is 1. The van der Waals surface area contributed by atoms with Crippen molar-refractivity contribution in [3.8, 4) is 0 Å². The van der Waals surface area contributed by atoms with Crippen molar-refractivity contribution in [1.29, 1.82) is 0 Å². The fraction of sp³-hybridized carbons (Fsp3) is 0.375. The minimum atomic E-state index is -0.144. The second kappa shape index (κ2) is 5.21. The molecule has 1 heterocycles. The Labute approximate surface area is 118 Å². The molecule has 1 aromatic carbocycles. The maximum atomic E-state index is 12.2. The zero-order valence-electron chi connectivity index (χ0n) is 11.6. The molecule has 1 unspecified atom stereocenters. The van der Waals surface area contributed by atoms with Crippen LogP contribution in [0.25, 0.3) is 10.9 Å². The van der Waals surface area contributed by atoms with Gasteiger partial charge in [-0.2, -0.15) is 0 Å². The molecular weight excluding hydrogens is 250 g/mol. The van der Waals surface area contributed by atoms with E-state index in [-0.39, 0.29) is 11.9 Å². The number of nitrogens with two attached hydrogens (primary N) is 1. The zero-order valence-corrected chi connectivity index (χ0v) is 11.6. The van der Waals surface area contributed by atoms with Gasteiger partial charge in [-0.25, -0.2) is 4.98 Å². The predicted octanol–water partition coefficient (Wildman–Crippen LogP) is 2.01. The summed E-state index contributed by atoms with van der Waals surface area (Å²) in [7, 11) is 0. The van der Waals surface area contributed by atoms with Gasteiger partial charge in [-0.15, -0.1) is 0 Å². The maximum Gasteiger partial charge on any atom is 0.269 e. The number of amides is 1. The Morgan fingerprint density at radius 3 is 2.95 bits per heavy atom. The average Bonchev–Trinajstić information content (AvgIpc) is 3.29. The largest absolute Gasteiger partial charge is 0.349 e. The minimum absolute atomic E-state index is 0.0699. The Morgan fingerprint density at radius 2 is 2.20 bits per heavy atom. The van der Waals surface area contributed by atoms with Crippen LogP contribution >= 0.6 is 0 Å². The van der Waals surface area contributed by atoms with E-state index in [4.69, 9.17) is 5.73 Å². The number of fused-ring (bicyclic) bond motifs is 1. The number of hydrogen-bond acceptors (Lipinski definition) is 3. The van der Waals surface area contributed by atoms with Crippen molar-refractivity contribution in [2.45, 2.75) is 25.8 Å². The van der Waals surface area contributed by atoms with E-state index in [1.54, 1.807) is 0 Å². The number of benzene rings is 1. The second-order valence-corrected chi connectivity index (χ2v) is 5.55. The molecule has 1 saturated carbocycles. The van der Waals surface area contributed by atoms with Gasteiger partial charge >= 0.3 is 0 Å². The molecule has 0 saturated heterocycles. The highest BCUT2D eigenvalue weighted by molar-refractivity contribution is 5.95. The SMILES string of the molecule is Cc1cc(C(=O)NCC(N)C2CC2)nc2ccccc12. The average molecular weight is 269 g/mol. The van der Waals surface area contributed by atoms with Gasteiger partial charge in [0, 0.05) is 18.0 Å². The standard InChI is InChI=1S/C16H19N3O/c1-10-8-15(19-14-5-3-2-4-12(10)14)16(20)18-9-13(17)11-6-7-11/h2-5,8,11,13H,6-7,9,17H2,1H3,(H,18,20). The lowest BCUT2D eigenvalue weighted by atomic mass is 10.1. The summed E-state index contributed by atoms with van der Waals surface area (Å²) in [6, 6.07) is 9.75. The summed E-state index contributed by atoms with van der Waals surface area (Å²) in [6.07, 6.45) is 2.37. The van der Waals surface area contributed by atoms with Gasteiger partial charge in [0.2, 0.25) is 0 Å². The third kappa shape index (κ3) is 2.65. The Kier molecular flexibility index (Phi) is 3.40. The third-order valence-corrected chi connectivity index (χ3v) is 3.88. The van der Waals surface area contributed by atoms with Crippen LogP contribution in [0.15, 0.2) is 30.3 Å². The lowest BCUT2D eigenvalue weighted by Crippen LogP contribution is -2.38. The molecule has 4 nitrogen and oxygen atoms in total. The van der Waals surface area contributed by atoms with Gasteiger partial charge in [0.25, 0.3) is 5.91 Å². The summed E-state index contributed by atoms with van der Waals surface area (Å²) in [6.45, 7) is 2.52. The summed E-state index contributed by atoms with van der Waals surface area (Å²) in [5.74, 6) is 0.441. The maximum absolute atomic E-state index is 12.2. The topological polar surface area (TPSA) is 68.0 Å². The number of nitrogens with one attached hydrogen (secondary N) is 1. The van der Waals surface area contributed by atoms with Crippen molar-refractivity contribution in [3.63, 3.8) is 0 Å². The van der Waals surface area contributed by atoms with E-state index >= 15 is 0 Å². The van der Waals surface area contributed by atoms with Crippen LogP contribution in [-0.2, 0) is 0 Å². The molecule has 3 N–H and O–H groups in total. The quantitative estimate of drug-likeness (QED) is 0.892. The number of rotatable bonds is 4. The Balaban J connectivity index is 1.77. The Bertz CT molecular complexity index is 649. The first-order chi connectivity index (χ1) is 9.65. The van der Waals surface area contributed by atoms with Crippen LogP contribution in [0.5, 0.6) is 0 Å². The zero-order chi connectivity index (χ0) is 14.1. The van der Waals surface area contributed by atoms with E-state index in [1.807, 2.05) is 37.3 Å². The van der Waals surface area contributed by atoms with E-state index in [2.05, 4.69) is 10.3 Å². The first-order valence-corrected chi connectivity index (χ1v) is 7.05. The highest BCUT2D eigenvalue weighted by Gasteiger charge is 2.28. The van der Waals surface area contributed by atoms with Gasteiger partial charge in [-0.3, -0.25) is 4.79 Å². The van der Waals surface area contributed by atoms with Crippen molar-refractivity contribution >= 4 is 16.8 Å². The predicted molar refractivity (Wildman–Crippen MR) is 79.5 cm³/mol. The minimum Gasteiger partial charge on any atom is -0.349 e. The van der Waals surface area contributed by atoms with Gasteiger partial charge < -0.3 is 11.1 Å². The summed E-state index contributed by atoms with van der Waals surface area (Å²) >= 11 is 0. The Morgan fingerprint density at radius 1 is 1.45 bits per heavy atom. The smallest absolute Gasteiger partial charge is 0.269 e. The molecule has 0 aliphatic heterocycles. The molecule has 0 spiro atoms. The molecule has 1 aromatic heterocycles. The summed E-state index contributed by atoms with van der Waals surface area (Å²) in [5, 5.41) is 3.97. The van der Waals surface area contributed by atoms with Gasteiger partial charge in [0.05, 0.1) is 5.52 Å². The highest BCUT2D eigenvalue weighted by Crippen LogP contribution is 2.31. The van der Waals surface area contributed by atoms with Crippen molar-refractivity contribution in [2.75, 3.05) is 6.54 Å². The molecular formula is C16H19N3O. The van der Waals surface area contributed by atoms with E-state index in [1.165, 1.54) is 12.8 Å². The van der Waals surface area contributed by atoms with E-state index < -0.39 is 0 Å². The van der Waals surface area contributed by atoms with Gasteiger partial charge in [0.1, 0.15) is 5.69 Å². The molecule has 1 amide bonds. The second-order valence-electron chi connectivity index (χ2n) is 5.55. The molecule has 1 aliphatic carbocycles. The van der Waals surface area contributed by atoms with Crippen LogP contribution in [0.1, 0.15) is 28.9 Å². The van der Waals surface area contributed by atoms with Gasteiger partial charge in [-0.1, -0.05) is 18.2 Å². The first kappa shape index (κ1) is 13.1. The fourth-order valence-corrected chi connectivity index (χ4v) is 2.46. The number of para-hydroxylation sites is 1. The van der Waals surface area contributed by atoms with Crippen LogP contribution in [0.4, 0.5) is 0 Å². The molecule has 2 aromatic rings. The lowest BCUT2D eigenvalue weighted by molar-refractivity contribution is 0.0945. The molecule has 3 rings (SSSR count). The van der Waals surface area contributed by atoms with Gasteiger partial charge in [-0.05, 0) is 43.4 Å². The van der Waals surface area contributed by atoms with Crippen molar-refractivity contribution in [2.24, 2.45) is 11.7 Å². The molecule has 4 heteroatoms. The third-order valence-electron chi connectivity index (χ3n) is 3.88. The van der Waals surface area contributed by atoms with Crippen LogP contribution in [0, 0.1) is 12.8 Å². The van der Waals surface area contributed by atoms with Gasteiger partial charge in [0.15, 0.2) is 0 Å². The fourth-order valence-electron chi connectivity index (χ4n) is 2.46. The number of carbonyl (C=O) groups is 1. The lowest BCUT2D eigenvalue weighted by Gasteiger charge is -2.12. The molecule has 20 heavy (non-hydrogen) atoms. The van der Waals surface area contributed by atoms with E-state index in [0.717, 1.165) is 16.5 Å². The van der Waals surface area contributed by atoms with Crippen molar-refractivity contribution in [1.82, 2.24) is 10.3 Å². The van der Waals surface area contributed by atoms with Crippen LogP contribution in [0.3, 0.4) is 0 Å². The monoisotopic (exact) mass is 269 g/mol. The van der Waals surface area contributed by atoms with Crippen LogP contribution in [0.2, 0.25) is 0 Å². The van der Waals surface area contributed by atoms with E-state index in [0.29, 0.717) is 18.2 Å². The summed E-state index contributed by atoms with van der Waals surface area (Å²) in [4.78, 5) is 16.6. The summed E-state index contributed by atoms with van der Waals surface area (Å²) in [5.41, 5.74) is 8.37. The first-order valence-electron chi connectivity index (χ1n) is 7.05. The van der Waals surface area contributed by atoms with Crippen molar-refractivity contribution in [3.05, 3.63) is 41.6 Å². The Hall–Kier alpha value is -1.94. The highest BCUT2D eigenvalue weighted by atomic mass is 16.1. The normalized spacial score (nSPS) is 16.1. The van der Waals surface area contributed by atoms with Crippen LogP contribution < -0.4 is 11.1 Å². The molecule has 104 valence electrons. The molecule has 0 bridgehead atoms. The number of aromatic nitrogens is 1. The molecule has 0 radical (unpaired) electrons. The van der Waals surface area contributed by atoms with E-state index in [9.17, 15) is 4.79 Å². The van der Waals surface area contributed by atoms with Crippen LogP contribution in [-0.4, -0.2) is 23.5 Å². The number of aryl methyl sites for hydroxylation is 1. The molecule has 1 fully saturated rings. The van der Waals surface area contributed by atoms with Crippen molar-refractivity contribution < 1.29 is 4.79 Å². The molecule has 1 atom stereocenters. The number of carbonyl (C=O) groups excluding carboxylic acids is 1. The molecule has 1 aliphatic rings.